The van der Waals surface area contributed by atoms with E-state index in [-0.39, 0.29) is 50.1 Å². The van der Waals surface area contributed by atoms with Crippen LogP contribution >= 0.6 is 8.53 Å². The van der Waals surface area contributed by atoms with Gasteiger partial charge in [-0.2, -0.15) is 10.2 Å². The van der Waals surface area contributed by atoms with Crippen LogP contribution in [0, 0.1) is 11.3 Å². The first-order valence-electron chi connectivity index (χ1n) is 13.5. The second-order valence-corrected chi connectivity index (χ2v) is 11.1. The fourth-order valence-corrected chi connectivity index (χ4v) is 5.44. The molecule has 13 heteroatoms. The molecule has 0 bridgehead atoms. The van der Waals surface area contributed by atoms with E-state index < -0.39 is 32.5 Å². The molecule has 0 spiro atoms. The minimum atomic E-state index is -1.50. The second-order valence-electron chi connectivity index (χ2n) is 9.61. The molecule has 2 rings (SSSR count). The monoisotopic (exact) mass is 589 g/mol. The van der Waals surface area contributed by atoms with E-state index in [0.29, 0.717) is 12.0 Å². The third-order valence-electron chi connectivity index (χ3n) is 5.65. The van der Waals surface area contributed by atoms with Crippen LogP contribution in [0.5, 0.6) is 0 Å². The van der Waals surface area contributed by atoms with Gasteiger partial charge in [-0.05, 0) is 52.3 Å². The Kier molecular flexibility index (Phi) is 14.6. The first-order chi connectivity index (χ1) is 19.6. The molecule has 0 fully saturated rings. The predicted octanol–water partition coefficient (Wildman–Crippen LogP) is 4.65. The molecule has 0 aliphatic heterocycles. The summed E-state index contributed by atoms with van der Waals surface area (Å²) in [7, 11) is -1.50. The molecule has 0 saturated heterocycles. The lowest BCUT2D eigenvalue weighted by Gasteiger charge is -2.36. The molecule has 1 aromatic carbocycles. The van der Waals surface area contributed by atoms with Crippen molar-refractivity contribution in [2.45, 2.75) is 78.8 Å². The molecule has 0 aliphatic carbocycles. The summed E-state index contributed by atoms with van der Waals surface area (Å²) in [5.41, 5.74) is -0.337. The van der Waals surface area contributed by atoms with Crippen LogP contribution in [-0.4, -0.2) is 64.1 Å². The number of hydrogen-bond acceptors (Lipinski definition) is 10. The number of benzene rings is 1. The van der Waals surface area contributed by atoms with Gasteiger partial charge in [0.15, 0.2) is 6.23 Å². The summed E-state index contributed by atoms with van der Waals surface area (Å²) < 4.78 is 27.3. The van der Waals surface area contributed by atoms with Crippen molar-refractivity contribution in [1.29, 1.82) is 5.26 Å². The summed E-state index contributed by atoms with van der Waals surface area (Å²) in [4.78, 5) is 40.8. The fourth-order valence-electron chi connectivity index (χ4n) is 3.81. The van der Waals surface area contributed by atoms with Crippen LogP contribution in [0.4, 0.5) is 5.82 Å². The normalized spacial score (nSPS) is 13.6. The molecular formula is C28H40N5O7P. The van der Waals surface area contributed by atoms with Gasteiger partial charge in [0.1, 0.15) is 12.4 Å². The van der Waals surface area contributed by atoms with E-state index in [0.717, 1.165) is 0 Å². The lowest BCUT2D eigenvalue weighted by molar-refractivity contribution is -0.114. The highest BCUT2D eigenvalue weighted by atomic mass is 31.2. The molecule has 0 aliphatic rings. The number of esters is 1. The average Bonchev–Trinajstić information content (AvgIpc) is 2.92. The van der Waals surface area contributed by atoms with Crippen LogP contribution in [0.2, 0.25) is 0 Å². The predicted molar refractivity (Wildman–Crippen MR) is 155 cm³/mol. The van der Waals surface area contributed by atoms with E-state index in [9.17, 15) is 14.4 Å². The van der Waals surface area contributed by atoms with Gasteiger partial charge in [-0.25, -0.2) is 14.3 Å². The van der Waals surface area contributed by atoms with Crippen LogP contribution in [-0.2, 0) is 23.3 Å². The topological polar surface area (TPSA) is 145 Å². The summed E-state index contributed by atoms with van der Waals surface area (Å²) in [5.74, 6) is -0.845. The minimum absolute atomic E-state index is 0.0942. The van der Waals surface area contributed by atoms with Gasteiger partial charge in [0.25, 0.3) is 8.53 Å². The molecule has 41 heavy (non-hydrogen) atoms. The number of rotatable bonds is 17. The number of ether oxygens (including phenoxy) is 2. The van der Waals surface area contributed by atoms with Gasteiger partial charge in [-0.3, -0.25) is 9.36 Å². The quantitative estimate of drug-likeness (QED) is 0.157. The van der Waals surface area contributed by atoms with Crippen LogP contribution < -0.4 is 11.0 Å². The Hall–Kier alpha value is -3.20. The molecule has 0 saturated carbocycles. The number of nitrogens with one attached hydrogen (secondary N) is 1. The van der Waals surface area contributed by atoms with Crippen LogP contribution in [0.15, 0.2) is 47.4 Å². The van der Waals surface area contributed by atoms with Gasteiger partial charge < -0.3 is 23.8 Å². The molecule has 2 aromatic rings. The maximum absolute atomic E-state index is 12.9. The number of aromatic nitrogens is 2. The van der Waals surface area contributed by atoms with E-state index in [1.54, 1.807) is 30.3 Å². The van der Waals surface area contributed by atoms with Gasteiger partial charge >= 0.3 is 11.7 Å². The van der Waals surface area contributed by atoms with Crippen LogP contribution in [0.25, 0.3) is 0 Å². The highest BCUT2D eigenvalue weighted by molar-refractivity contribution is 7.44. The third kappa shape index (κ3) is 11.3. The van der Waals surface area contributed by atoms with Crippen molar-refractivity contribution >= 4 is 26.2 Å². The van der Waals surface area contributed by atoms with E-state index in [4.69, 9.17) is 23.8 Å². The van der Waals surface area contributed by atoms with Crippen LogP contribution in [0.1, 0.15) is 71.0 Å². The minimum Gasteiger partial charge on any atom is -0.457 e. The van der Waals surface area contributed by atoms with Gasteiger partial charge in [0.05, 0.1) is 37.4 Å². The Morgan fingerprint density at radius 2 is 1.78 bits per heavy atom. The maximum Gasteiger partial charge on any atom is 0.351 e. The Bertz CT molecular complexity index is 1190. The summed E-state index contributed by atoms with van der Waals surface area (Å²) >= 11 is 0. The number of carbonyl (C=O) groups is 2. The zero-order valence-electron chi connectivity index (χ0n) is 24.5. The number of nitriles is 1. The summed E-state index contributed by atoms with van der Waals surface area (Å²) in [6.07, 6.45) is 0.633. The Labute approximate surface area is 242 Å². The maximum atomic E-state index is 12.9. The van der Waals surface area contributed by atoms with Gasteiger partial charge in [-0.15, -0.1) is 0 Å². The van der Waals surface area contributed by atoms with Crippen LogP contribution in [0.3, 0.4) is 0 Å². The number of anilines is 1. The third-order valence-corrected chi connectivity index (χ3v) is 7.72. The number of carbonyl (C=O) groups excluding carboxylic acids is 2. The van der Waals surface area contributed by atoms with Gasteiger partial charge in [0, 0.05) is 25.2 Å². The number of hydrogen-bond donors (Lipinski definition) is 1. The molecule has 224 valence electrons. The molecule has 0 radical (unpaired) electrons. The van der Waals surface area contributed by atoms with E-state index >= 15 is 0 Å². The Morgan fingerprint density at radius 3 is 2.34 bits per heavy atom. The standard InChI is InChI=1S/C28H40N5O7P/c1-7-24(18-39-41(38-17-11-15-29)33(20(2)3)21(4)5)40-26(19-37-27(35)23-12-9-8-10-13-23)32-16-14-25(30-22(6)34)31-28(32)36/h8-10,12-14,16,20-21,24,26H,7,11,17-19H2,1-6H3,(H,30,31,34,36)/t24-,26-,41?/m1/s1. The van der Waals surface area contributed by atoms with Crippen molar-refractivity contribution in [3.05, 3.63) is 58.6 Å². The molecule has 1 aromatic heterocycles. The first-order valence-corrected chi connectivity index (χ1v) is 14.7. The molecule has 1 unspecified atom stereocenters. The highest BCUT2D eigenvalue weighted by Crippen LogP contribution is 2.46. The highest BCUT2D eigenvalue weighted by Gasteiger charge is 2.29. The Balaban J connectivity index is 2.26. The zero-order valence-corrected chi connectivity index (χ0v) is 25.4. The molecule has 1 amide bonds. The summed E-state index contributed by atoms with van der Waals surface area (Å²) in [6.45, 7) is 11.5. The van der Waals surface area contributed by atoms with E-state index in [1.807, 2.05) is 34.6 Å². The van der Waals surface area contributed by atoms with Crippen molar-refractivity contribution in [3.63, 3.8) is 0 Å². The average molecular weight is 590 g/mol. The largest absolute Gasteiger partial charge is 0.457 e. The van der Waals surface area contributed by atoms with E-state index in [2.05, 4.69) is 21.0 Å². The van der Waals surface area contributed by atoms with Crippen molar-refractivity contribution in [2.24, 2.45) is 0 Å². The summed E-state index contributed by atoms with van der Waals surface area (Å²) in [5, 5.41) is 11.4. The van der Waals surface area contributed by atoms with Crippen molar-refractivity contribution in [3.8, 4) is 6.07 Å². The van der Waals surface area contributed by atoms with Crippen molar-refractivity contribution in [1.82, 2.24) is 14.2 Å². The number of amides is 1. The fraction of sp³-hybridized carbons (Fsp3) is 0.536. The van der Waals surface area contributed by atoms with E-state index in [1.165, 1.54) is 23.8 Å². The Morgan fingerprint density at radius 1 is 1.10 bits per heavy atom. The first kappa shape index (κ1) is 34.0. The van der Waals surface area contributed by atoms with Gasteiger partial charge in [0.2, 0.25) is 5.91 Å². The number of nitrogens with zero attached hydrogens (tertiary/aromatic N) is 4. The van der Waals surface area contributed by atoms with Crippen molar-refractivity contribution < 1.29 is 28.1 Å². The molecular weight excluding hydrogens is 549 g/mol. The van der Waals surface area contributed by atoms with Crippen molar-refractivity contribution in [2.75, 3.05) is 25.1 Å². The van der Waals surface area contributed by atoms with Gasteiger partial charge in [-0.1, -0.05) is 25.1 Å². The zero-order chi connectivity index (χ0) is 30.4. The smallest absolute Gasteiger partial charge is 0.351 e. The lowest BCUT2D eigenvalue weighted by Crippen LogP contribution is -2.36. The molecule has 1 heterocycles. The molecule has 1 N–H and O–H groups in total. The molecule has 3 atom stereocenters. The SMILES string of the molecule is CC[C@H](COP(OCCC#N)N(C(C)C)C(C)C)O[C@H](COC(=O)c1ccccc1)n1ccc(NC(C)=O)nc1=O. The lowest BCUT2D eigenvalue weighted by atomic mass is 10.2. The molecule has 12 nitrogen and oxygen atoms in total. The summed E-state index contributed by atoms with van der Waals surface area (Å²) in [6, 6.07) is 12.3. The second kappa shape index (κ2) is 17.6.